The van der Waals surface area contributed by atoms with Gasteiger partial charge in [-0.1, -0.05) is 29.3 Å². The van der Waals surface area contributed by atoms with Crippen LogP contribution in [0.1, 0.15) is 56.9 Å². The Morgan fingerprint density at radius 2 is 1.27 bits per heavy atom. The van der Waals surface area contributed by atoms with Crippen LogP contribution in [-0.4, -0.2) is 67.3 Å². The predicted molar refractivity (Wildman–Crippen MR) is 161 cm³/mol. The third-order valence-electron chi connectivity index (χ3n) is 6.13. The van der Waals surface area contributed by atoms with E-state index in [-0.39, 0.29) is 31.8 Å². The van der Waals surface area contributed by atoms with Gasteiger partial charge in [-0.25, -0.2) is 0 Å². The van der Waals surface area contributed by atoms with Crippen LogP contribution in [0.5, 0.6) is 0 Å². The van der Waals surface area contributed by atoms with Crippen molar-refractivity contribution in [3.63, 3.8) is 0 Å². The lowest BCUT2D eigenvalue weighted by Gasteiger charge is -2.25. The van der Waals surface area contributed by atoms with Crippen LogP contribution in [0.25, 0.3) is 0 Å². The van der Waals surface area contributed by atoms with E-state index in [4.69, 9.17) is 51.9 Å². The molecule has 0 unspecified atom stereocenters. The van der Waals surface area contributed by atoms with E-state index in [1.54, 1.807) is 18.2 Å². The van der Waals surface area contributed by atoms with Gasteiger partial charge in [0.1, 0.15) is 18.1 Å². The van der Waals surface area contributed by atoms with Gasteiger partial charge in [0.2, 0.25) is 23.6 Å². The summed E-state index contributed by atoms with van der Waals surface area (Å²) >= 11 is 12.0. The molecule has 0 aromatic heterocycles. The molecule has 1 aromatic rings. The van der Waals surface area contributed by atoms with Crippen LogP contribution in [0.4, 0.5) is 0 Å². The average molecular weight is 617 g/mol. The molecule has 0 saturated carbocycles. The van der Waals surface area contributed by atoms with E-state index in [2.05, 4.69) is 20.9 Å². The molecule has 0 aliphatic carbocycles. The minimum Gasteiger partial charge on any atom is -0.370 e. The Labute approximate surface area is 250 Å². The van der Waals surface area contributed by atoms with E-state index >= 15 is 0 Å². The van der Waals surface area contributed by atoms with Gasteiger partial charge in [-0.05, 0) is 82.2 Å². The maximum Gasteiger partial charge on any atom is 0.243 e. The summed E-state index contributed by atoms with van der Waals surface area (Å²) in [5, 5.41) is 8.76. The van der Waals surface area contributed by atoms with E-state index in [0.29, 0.717) is 67.2 Å². The number of nitrogens with one attached hydrogen (secondary N) is 3. The molecule has 41 heavy (non-hydrogen) atoms. The van der Waals surface area contributed by atoms with Gasteiger partial charge in [-0.2, -0.15) is 0 Å². The molecule has 13 N–H and O–H groups in total. The topological polar surface area (TPSA) is 247 Å². The molecule has 1 aromatic carbocycles. The molecular weight excluding hydrogens is 573 g/mol. The Balaban J connectivity index is 2.98. The molecule has 3 atom stereocenters. The van der Waals surface area contributed by atoms with E-state index in [9.17, 15) is 19.2 Å². The molecule has 1 rings (SSSR count). The Kier molecular flexibility index (Phi) is 17.4. The highest BCUT2D eigenvalue weighted by Gasteiger charge is 2.28. The number of unbranched alkanes of at least 4 members (excludes halogenated alkanes) is 2. The predicted octanol–water partition coefficient (Wildman–Crippen LogP) is -0.213. The summed E-state index contributed by atoms with van der Waals surface area (Å²) in [5.74, 6) is -2.35. The summed E-state index contributed by atoms with van der Waals surface area (Å²) in [7, 11) is 0. The fourth-order valence-electron chi connectivity index (χ4n) is 3.94. The van der Waals surface area contributed by atoms with Crippen LogP contribution in [0.15, 0.2) is 23.2 Å². The zero-order valence-electron chi connectivity index (χ0n) is 23.2. The van der Waals surface area contributed by atoms with Gasteiger partial charge in [-0.3, -0.25) is 24.2 Å². The molecule has 4 amide bonds. The molecule has 0 heterocycles. The van der Waals surface area contributed by atoms with Crippen LogP contribution in [0, 0.1) is 0 Å². The lowest BCUT2D eigenvalue weighted by molar-refractivity contribution is -0.133. The quantitative estimate of drug-likeness (QED) is 0.0552. The number of rotatable bonds is 20. The first-order valence-electron chi connectivity index (χ1n) is 13.6. The molecule has 0 bridgehead atoms. The lowest BCUT2D eigenvalue weighted by atomic mass is 10.0. The van der Waals surface area contributed by atoms with Crippen molar-refractivity contribution in [1.82, 2.24) is 16.0 Å². The number of hydrogen-bond donors (Lipinski definition) is 8. The van der Waals surface area contributed by atoms with Crippen molar-refractivity contribution in [2.24, 2.45) is 33.7 Å². The minimum atomic E-state index is -0.989. The first-order valence-corrected chi connectivity index (χ1v) is 14.3. The number of carbonyl (C=O) groups is 4. The number of carbonyl (C=O) groups excluding carboxylic acids is 4. The summed E-state index contributed by atoms with van der Waals surface area (Å²) in [6, 6.07) is 1.93. The number of benzene rings is 1. The molecule has 0 radical (unpaired) electrons. The van der Waals surface area contributed by atoms with Crippen molar-refractivity contribution >= 4 is 52.8 Å². The SMILES string of the molecule is NCCCC[C@H](NC(=O)Cc1ccc(Cl)c(Cl)c1)C(=O)N[C@@H](CCCCN)C(=O)N[C@@H](CCCN=C(N)N)C(N)=O. The van der Waals surface area contributed by atoms with Crippen LogP contribution in [0.2, 0.25) is 10.0 Å². The van der Waals surface area contributed by atoms with E-state index in [0.717, 1.165) is 0 Å². The largest absolute Gasteiger partial charge is 0.370 e. The Morgan fingerprint density at radius 3 is 1.78 bits per heavy atom. The van der Waals surface area contributed by atoms with E-state index < -0.39 is 41.8 Å². The number of aliphatic imine (C=N–C) groups is 1. The Hall–Kier alpha value is -3.13. The van der Waals surface area contributed by atoms with Gasteiger partial charge >= 0.3 is 0 Å². The van der Waals surface area contributed by atoms with Gasteiger partial charge < -0.3 is 44.6 Å². The van der Waals surface area contributed by atoms with E-state index in [1.165, 1.54) is 0 Å². The average Bonchev–Trinajstić information content (AvgIpc) is 2.91. The normalized spacial score (nSPS) is 13.0. The number of halogens is 2. The number of nitrogens with two attached hydrogens (primary N) is 5. The molecule has 15 heteroatoms. The highest BCUT2D eigenvalue weighted by molar-refractivity contribution is 6.42. The van der Waals surface area contributed by atoms with Crippen molar-refractivity contribution in [2.45, 2.75) is 75.9 Å². The molecular formula is C26H43Cl2N9O4. The first kappa shape index (κ1) is 35.9. The summed E-state index contributed by atoms with van der Waals surface area (Å²) in [6.45, 7) is 1.09. The van der Waals surface area contributed by atoms with Gasteiger partial charge in [0.15, 0.2) is 5.96 Å². The number of hydrogen-bond acceptors (Lipinski definition) is 7. The maximum atomic E-state index is 13.3. The van der Waals surface area contributed by atoms with Crippen molar-refractivity contribution in [2.75, 3.05) is 19.6 Å². The first-order chi connectivity index (χ1) is 19.5. The highest BCUT2D eigenvalue weighted by Crippen LogP contribution is 2.22. The fourth-order valence-corrected chi connectivity index (χ4v) is 4.26. The smallest absolute Gasteiger partial charge is 0.243 e. The van der Waals surface area contributed by atoms with E-state index in [1.807, 2.05) is 0 Å². The zero-order chi connectivity index (χ0) is 30.8. The molecule has 0 spiro atoms. The Bertz CT molecular complexity index is 1040. The fraction of sp³-hybridized carbons (Fsp3) is 0.577. The highest BCUT2D eigenvalue weighted by atomic mass is 35.5. The summed E-state index contributed by atoms with van der Waals surface area (Å²) in [4.78, 5) is 55.2. The van der Waals surface area contributed by atoms with Gasteiger partial charge in [0, 0.05) is 6.54 Å². The minimum absolute atomic E-state index is 0.0296. The second-order valence-electron chi connectivity index (χ2n) is 9.59. The number of guanidine groups is 1. The van der Waals surface area contributed by atoms with Crippen molar-refractivity contribution in [1.29, 1.82) is 0 Å². The molecule has 0 fully saturated rings. The lowest BCUT2D eigenvalue weighted by Crippen LogP contribution is -2.56. The summed E-state index contributed by atoms with van der Waals surface area (Å²) in [6.07, 6.45) is 3.52. The van der Waals surface area contributed by atoms with Crippen molar-refractivity contribution in [3.8, 4) is 0 Å². The zero-order valence-corrected chi connectivity index (χ0v) is 24.7. The van der Waals surface area contributed by atoms with Gasteiger partial charge in [0.25, 0.3) is 0 Å². The second kappa shape index (κ2) is 19.9. The number of amides is 4. The number of primary amides is 1. The third-order valence-corrected chi connectivity index (χ3v) is 6.87. The second-order valence-corrected chi connectivity index (χ2v) is 10.4. The van der Waals surface area contributed by atoms with Crippen LogP contribution < -0.4 is 44.6 Å². The van der Waals surface area contributed by atoms with Crippen molar-refractivity contribution in [3.05, 3.63) is 33.8 Å². The molecule has 0 aliphatic heterocycles. The summed E-state index contributed by atoms with van der Waals surface area (Å²) < 4.78 is 0. The standard InChI is InChI=1S/C26H43Cl2N9O4/c27-17-10-9-16(14-18(17)28)15-22(38)35-20(6-1-3-11-29)24(40)37-21(7-2-4-12-30)25(41)36-19(23(31)39)8-5-13-34-26(32)33/h9-10,14,19-21H,1-8,11-13,15,29-30H2,(H2,31,39)(H,35,38)(H,36,41)(H,37,40)(H4,32,33,34)/t19-,20-,21-/m0/s1. The van der Waals surface area contributed by atoms with Crippen LogP contribution in [-0.2, 0) is 25.6 Å². The molecule has 230 valence electrons. The van der Waals surface area contributed by atoms with Gasteiger partial charge in [-0.15, -0.1) is 0 Å². The maximum absolute atomic E-state index is 13.3. The molecule has 0 saturated heterocycles. The third kappa shape index (κ3) is 14.9. The van der Waals surface area contributed by atoms with Crippen LogP contribution in [0.3, 0.4) is 0 Å². The molecule has 0 aliphatic rings. The van der Waals surface area contributed by atoms with Crippen LogP contribution >= 0.6 is 23.2 Å². The monoisotopic (exact) mass is 615 g/mol. The van der Waals surface area contributed by atoms with Crippen molar-refractivity contribution < 1.29 is 19.2 Å². The summed E-state index contributed by atoms with van der Waals surface area (Å²) in [5.41, 5.74) is 27.9. The number of nitrogens with zero attached hydrogens (tertiary/aromatic N) is 1. The van der Waals surface area contributed by atoms with Gasteiger partial charge in [0.05, 0.1) is 16.5 Å². The Morgan fingerprint density at radius 1 is 0.732 bits per heavy atom. The molecule has 13 nitrogen and oxygen atoms in total.